The lowest BCUT2D eigenvalue weighted by Gasteiger charge is -2.07. The quantitative estimate of drug-likeness (QED) is 0.473. The second-order valence-corrected chi connectivity index (χ2v) is 3.57. The lowest BCUT2D eigenvalue weighted by atomic mass is 10.2. The van der Waals surface area contributed by atoms with E-state index in [0.717, 1.165) is 0 Å². The van der Waals surface area contributed by atoms with Gasteiger partial charge in [0.05, 0.1) is 7.11 Å². The summed E-state index contributed by atoms with van der Waals surface area (Å²) in [5.74, 6) is 0.984. The van der Waals surface area contributed by atoms with Crippen molar-refractivity contribution in [2.24, 2.45) is 0 Å². The van der Waals surface area contributed by atoms with Gasteiger partial charge < -0.3 is 4.74 Å². The van der Waals surface area contributed by atoms with Gasteiger partial charge in [0.1, 0.15) is 17.3 Å². The number of hydrazine groups is 1. The molecule has 0 aliphatic carbocycles. The summed E-state index contributed by atoms with van der Waals surface area (Å²) < 4.78 is 4.96. The summed E-state index contributed by atoms with van der Waals surface area (Å²) in [4.78, 5) is 33.5. The minimum atomic E-state index is -0.667. The van der Waals surface area contributed by atoms with E-state index < -0.39 is 11.8 Å². The van der Waals surface area contributed by atoms with Crippen LogP contribution < -0.4 is 15.6 Å². The van der Waals surface area contributed by atoms with Gasteiger partial charge in [-0.15, -0.1) is 0 Å². The average Bonchev–Trinajstić information content (AvgIpc) is 2.46. The van der Waals surface area contributed by atoms with Crippen LogP contribution in [-0.4, -0.2) is 24.9 Å². The Balaban J connectivity index is 2.60. The van der Waals surface area contributed by atoms with Crippen LogP contribution in [0.25, 0.3) is 0 Å². The van der Waals surface area contributed by atoms with Gasteiger partial charge in [-0.2, -0.15) is 0 Å². The Labute approximate surface area is 110 Å². The number of amides is 2. The van der Waals surface area contributed by atoms with Gasteiger partial charge in [-0.3, -0.25) is 20.4 Å². The van der Waals surface area contributed by atoms with Gasteiger partial charge >= 0.3 is 0 Å². The van der Waals surface area contributed by atoms with Crippen molar-refractivity contribution < 1.29 is 19.1 Å². The first-order valence-corrected chi connectivity index (χ1v) is 5.61. The monoisotopic (exact) mass is 262 g/mol. The van der Waals surface area contributed by atoms with Crippen LogP contribution in [0.5, 0.6) is 5.75 Å². The Hall–Kier alpha value is -2.59. The van der Waals surface area contributed by atoms with Gasteiger partial charge in [0.2, 0.25) is 0 Å². The first-order valence-electron chi connectivity index (χ1n) is 5.61. The first-order chi connectivity index (χ1) is 9.12. The summed E-state index contributed by atoms with van der Waals surface area (Å²) in [5, 5.41) is 0. The van der Waals surface area contributed by atoms with Crippen LogP contribution in [0.4, 0.5) is 0 Å². The molecule has 6 nitrogen and oxygen atoms in total. The summed E-state index contributed by atoms with van der Waals surface area (Å²) in [7, 11) is 1.52. The predicted molar refractivity (Wildman–Crippen MR) is 68.1 cm³/mol. The van der Waals surface area contributed by atoms with Crippen molar-refractivity contribution in [2.45, 2.75) is 13.3 Å². The molecule has 1 aromatic carbocycles. The van der Waals surface area contributed by atoms with Crippen molar-refractivity contribution in [1.82, 2.24) is 10.9 Å². The molecule has 100 valence electrons. The van der Waals surface area contributed by atoms with Crippen molar-refractivity contribution in [1.29, 1.82) is 0 Å². The predicted octanol–water partition coefficient (Wildman–Crippen LogP) is 0.624. The highest BCUT2D eigenvalue weighted by Crippen LogP contribution is 2.10. The third kappa shape index (κ3) is 3.97. The molecule has 0 heterocycles. The lowest BCUT2D eigenvalue weighted by molar-refractivity contribution is -0.118. The highest BCUT2D eigenvalue weighted by Gasteiger charge is 2.10. The van der Waals surface area contributed by atoms with Crippen LogP contribution in [-0.2, 0) is 9.59 Å². The highest BCUT2D eigenvalue weighted by atomic mass is 16.5. The SMILES string of the molecule is CCC(=C=O)C(=O)NNC(=O)c1ccc(OC)cc1. The summed E-state index contributed by atoms with van der Waals surface area (Å²) in [6.45, 7) is 1.64. The second kappa shape index (κ2) is 6.98. The maximum Gasteiger partial charge on any atom is 0.276 e. The average molecular weight is 262 g/mol. The topological polar surface area (TPSA) is 84.5 Å². The number of ether oxygens (including phenoxy) is 1. The smallest absolute Gasteiger partial charge is 0.276 e. The maximum atomic E-state index is 11.7. The van der Waals surface area contributed by atoms with E-state index in [1.54, 1.807) is 31.2 Å². The van der Waals surface area contributed by atoms with Crippen molar-refractivity contribution in [3.63, 3.8) is 0 Å². The second-order valence-electron chi connectivity index (χ2n) is 3.57. The van der Waals surface area contributed by atoms with E-state index in [1.807, 2.05) is 0 Å². The van der Waals surface area contributed by atoms with E-state index >= 15 is 0 Å². The third-order valence-corrected chi connectivity index (χ3v) is 2.39. The number of benzene rings is 1. The fraction of sp³-hybridized carbons (Fsp3) is 0.231. The lowest BCUT2D eigenvalue weighted by Crippen LogP contribution is -2.42. The molecular formula is C13H14N2O4. The number of nitrogens with one attached hydrogen (secondary N) is 2. The standard InChI is InChI=1S/C13H14N2O4/c1-3-9(8-16)12(17)14-15-13(18)10-4-6-11(19-2)7-5-10/h4-7H,3H2,1-2H3,(H,14,17)(H,15,18). The van der Waals surface area contributed by atoms with Crippen molar-refractivity contribution in [3.05, 3.63) is 35.4 Å². The van der Waals surface area contributed by atoms with Gasteiger partial charge in [0, 0.05) is 5.56 Å². The maximum absolute atomic E-state index is 11.7. The molecule has 0 atom stereocenters. The van der Waals surface area contributed by atoms with Crippen LogP contribution in [0.1, 0.15) is 23.7 Å². The van der Waals surface area contributed by atoms with Gasteiger partial charge in [-0.25, -0.2) is 4.79 Å². The summed E-state index contributed by atoms with van der Waals surface area (Å²) >= 11 is 0. The van der Waals surface area contributed by atoms with Gasteiger partial charge in [0.15, 0.2) is 0 Å². The molecule has 0 fully saturated rings. The normalized spacial score (nSPS) is 9.16. The molecule has 2 N–H and O–H groups in total. The largest absolute Gasteiger partial charge is 0.497 e. The zero-order valence-corrected chi connectivity index (χ0v) is 10.6. The Morgan fingerprint density at radius 1 is 1.21 bits per heavy atom. The number of hydrogen-bond donors (Lipinski definition) is 2. The van der Waals surface area contributed by atoms with E-state index in [4.69, 9.17) is 4.74 Å². The van der Waals surface area contributed by atoms with Crippen molar-refractivity contribution in [3.8, 4) is 5.75 Å². The molecule has 1 rings (SSSR count). The van der Waals surface area contributed by atoms with Crippen molar-refractivity contribution in [2.75, 3.05) is 7.11 Å². The molecule has 19 heavy (non-hydrogen) atoms. The van der Waals surface area contributed by atoms with E-state index in [0.29, 0.717) is 11.3 Å². The Morgan fingerprint density at radius 3 is 2.32 bits per heavy atom. The molecule has 0 saturated carbocycles. The molecule has 2 amide bonds. The molecule has 0 aliphatic rings. The Bertz CT molecular complexity index is 516. The Morgan fingerprint density at radius 2 is 1.84 bits per heavy atom. The molecule has 0 spiro atoms. The van der Waals surface area contributed by atoms with Crippen LogP contribution in [0.3, 0.4) is 0 Å². The van der Waals surface area contributed by atoms with E-state index in [9.17, 15) is 14.4 Å². The van der Waals surface area contributed by atoms with E-state index in [1.165, 1.54) is 13.1 Å². The minimum Gasteiger partial charge on any atom is -0.497 e. The molecule has 0 radical (unpaired) electrons. The van der Waals surface area contributed by atoms with Gasteiger partial charge in [-0.1, -0.05) is 6.92 Å². The first kappa shape index (κ1) is 14.5. The van der Waals surface area contributed by atoms with Crippen LogP contribution in [0.15, 0.2) is 29.8 Å². The molecule has 1 aromatic rings. The number of methoxy groups -OCH3 is 1. The summed E-state index contributed by atoms with van der Waals surface area (Å²) in [6, 6.07) is 6.35. The molecule has 0 aromatic heterocycles. The molecule has 0 saturated heterocycles. The molecule has 0 unspecified atom stereocenters. The molecule has 6 heteroatoms. The van der Waals surface area contributed by atoms with Crippen LogP contribution in [0, 0.1) is 0 Å². The van der Waals surface area contributed by atoms with E-state index in [-0.39, 0.29) is 12.0 Å². The van der Waals surface area contributed by atoms with Gasteiger partial charge in [0.25, 0.3) is 11.8 Å². The Kier molecular flexibility index (Phi) is 5.32. The van der Waals surface area contributed by atoms with E-state index in [2.05, 4.69) is 10.9 Å². The molecular weight excluding hydrogens is 248 g/mol. The summed E-state index contributed by atoms with van der Waals surface area (Å²) in [5.41, 5.74) is 4.64. The van der Waals surface area contributed by atoms with Crippen molar-refractivity contribution >= 4 is 17.8 Å². The molecule has 0 bridgehead atoms. The number of carbonyl (C=O) groups excluding carboxylic acids is 3. The summed E-state index contributed by atoms with van der Waals surface area (Å²) in [6.07, 6.45) is 0.244. The number of hydrogen-bond acceptors (Lipinski definition) is 4. The van der Waals surface area contributed by atoms with Crippen LogP contribution >= 0.6 is 0 Å². The van der Waals surface area contributed by atoms with Gasteiger partial charge in [-0.05, 0) is 30.7 Å². The number of rotatable bonds is 4. The van der Waals surface area contributed by atoms with Crippen LogP contribution in [0.2, 0.25) is 0 Å². The highest BCUT2D eigenvalue weighted by molar-refractivity contribution is 6.02. The molecule has 0 aliphatic heterocycles. The zero-order valence-electron chi connectivity index (χ0n) is 10.6. The fourth-order valence-corrected chi connectivity index (χ4v) is 1.28. The number of carbonyl (C=O) groups is 2. The minimum absolute atomic E-state index is 0.0602. The zero-order chi connectivity index (χ0) is 14.3. The fourth-order valence-electron chi connectivity index (χ4n) is 1.28. The third-order valence-electron chi connectivity index (χ3n) is 2.39.